The molecular weight excluding hydrogens is 322 g/mol. The summed E-state index contributed by atoms with van der Waals surface area (Å²) in [6, 6.07) is 8.65. The second-order valence-electron chi connectivity index (χ2n) is 5.70. The number of nitrogens with zero attached hydrogens (tertiary/aromatic N) is 2. The average Bonchev–Trinajstić information content (AvgIpc) is 2.86. The standard InChI is InChI=1S/C18H19N3O2S/c1-4-14(16(22)20-13-8-6-5-7-9-13)21-10-19-17-15(18(21)23)11(2)12(3)24-17/h5-10,14H,4H2,1-3H3,(H,20,22). The first-order valence-electron chi connectivity index (χ1n) is 7.85. The molecule has 1 atom stereocenters. The maximum absolute atomic E-state index is 12.9. The number of aryl methyl sites for hydroxylation is 2. The van der Waals surface area contributed by atoms with Gasteiger partial charge in [0.15, 0.2) is 0 Å². The lowest BCUT2D eigenvalue weighted by atomic mass is 10.1. The van der Waals surface area contributed by atoms with Gasteiger partial charge in [-0.25, -0.2) is 4.98 Å². The summed E-state index contributed by atoms with van der Waals surface area (Å²) in [6.07, 6.45) is 1.99. The van der Waals surface area contributed by atoms with Gasteiger partial charge in [-0.3, -0.25) is 14.2 Å². The van der Waals surface area contributed by atoms with Crippen molar-refractivity contribution in [3.8, 4) is 0 Å². The van der Waals surface area contributed by atoms with E-state index in [1.54, 1.807) is 0 Å². The predicted molar refractivity (Wildman–Crippen MR) is 97.8 cm³/mol. The zero-order valence-corrected chi connectivity index (χ0v) is 14.7. The van der Waals surface area contributed by atoms with Crippen molar-refractivity contribution in [3.63, 3.8) is 0 Å². The lowest BCUT2D eigenvalue weighted by Crippen LogP contribution is -2.33. The van der Waals surface area contributed by atoms with E-state index in [1.807, 2.05) is 51.1 Å². The number of hydrogen-bond acceptors (Lipinski definition) is 4. The highest BCUT2D eigenvalue weighted by Crippen LogP contribution is 2.26. The number of thiophene rings is 1. The van der Waals surface area contributed by atoms with Gasteiger partial charge >= 0.3 is 0 Å². The van der Waals surface area contributed by atoms with Crippen LogP contribution in [0.4, 0.5) is 5.69 Å². The third-order valence-corrected chi connectivity index (χ3v) is 5.30. The number of aromatic nitrogens is 2. The van der Waals surface area contributed by atoms with Crippen LogP contribution >= 0.6 is 11.3 Å². The average molecular weight is 341 g/mol. The SMILES string of the molecule is CCC(C(=O)Nc1ccccc1)n1cnc2sc(C)c(C)c2c1=O. The summed E-state index contributed by atoms with van der Waals surface area (Å²) >= 11 is 1.51. The Kier molecular flexibility index (Phi) is 4.49. The lowest BCUT2D eigenvalue weighted by Gasteiger charge is -2.17. The summed E-state index contributed by atoms with van der Waals surface area (Å²) < 4.78 is 1.44. The van der Waals surface area contributed by atoms with Crippen LogP contribution < -0.4 is 10.9 Å². The van der Waals surface area contributed by atoms with Crippen LogP contribution in [0, 0.1) is 13.8 Å². The number of carbonyl (C=O) groups is 1. The molecule has 1 N–H and O–H groups in total. The molecule has 1 aromatic carbocycles. The Bertz CT molecular complexity index is 944. The van der Waals surface area contributed by atoms with Crippen molar-refractivity contribution in [2.45, 2.75) is 33.2 Å². The minimum atomic E-state index is -0.589. The fraction of sp³-hybridized carbons (Fsp3) is 0.278. The number of nitrogens with one attached hydrogen (secondary N) is 1. The van der Waals surface area contributed by atoms with E-state index in [9.17, 15) is 9.59 Å². The molecular formula is C18H19N3O2S. The first kappa shape index (κ1) is 16.4. The summed E-state index contributed by atoms with van der Waals surface area (Å²) in [7, 11) is 0. The molecule has 5 nitrogen and oxygen atoms in total. The van der Waals surface area contributed by atoms with E-state index in [0.29, 0.717) is 17.5 Å². The molecule has 0 aliphatic carbocycles. The highest BCUT2D eigenvalue weighted by Gasteiger charge is 2.22. The molecule has 6 heteroatoms. The first-order chi connectivity index (χ1) is 11.5. The Morgan fingerprint density at radius 1 is 1.29 bits per heavy atom. The minimum absolute atomic E-state index is 0.156. The fourth-order valence-corrected chi connectivity index (χ4v) is 3.71. The highest BCUT2D eigenvalue weighted by molar-refractivity contribution is 7.18. The Hall–Kier alpha value is -2.47. The Labute approximate surface area is 144 Å². The molecule has 2 aromatic heterocycles. The number of fused-ring (bicyclic) bond motifs is 1. The number of anilines is 1. The number of carbonyl (C=O) groups excluding carboxylic acids is 1. The van der Waals surface area contributed by atoms with Gasteiger partial charge in [0, 0.05) is 10.6 Å². The molecule has 0 aliphatic rings. The maximum atomic E-state index is 12.9. The van der Waals surface area contributed by atoms with Gasteiger partial charge in [0.2, 0.25) is 5.91 Å². The molecule has 2 heterocycles. The smallest absolute Gasteiger partial charge is 0.263 e. The molecule has 3 rings (SSSR count). The van der Waals surface area contributed by atoms with E-state index >= 15 is 0 Å². The summed E-state index contributed by atoms with van der Waals surface area (Å²) in [5.41, 5.74) is 1.50. The van der Waals surface area contributed by atoms with Crippen LogP contribution in [0.25, 0.3) is 10.2 Å². The molecule has 3 aromatic rings. The molecule has 0 bridgehead atoms. The molecule has 0 fully saturated rings. The summed E-state index contributed by atoms with van der Waals surface area (Å²) in [6.45, 7) is 5.79. The van der Waals surface area contributed by atoms with Gasteiger partial charge in [0.05, 0.1) is 11.7 Å². The van der Waals surface area contributed by atoms with Crippen molar-refractivity contribution in [2.24, 2.45) is 0 Å². The summed E-state index contributed by atoms with van der Waals surface area (Å²) in [4.78, 5) is 31.7. The zero-order chi connectivity index (χ0) is 17.3. The van der Waals surface area contributed by atoms with Crippen LogP contribution in [-0.4, -0.2) is 15.5 Å². The van der Waals surface area contributed by atoms with E-state index < -0.39 is 6.04 Å². The quantitative estimate of drug-likeness (QED) is 0.787. The monoisotopic (exact) mass is 341 g/mol. The van der Waals surface area contributed by atoms with Gasteiger partial charge in [0.25, 0.3) is 5.56 Å². The molecule has 0 radical (unpaired) electrons. The number of para-hydroxylation sites is 1. The maximum Gasteiger partial charge on any atom is 0.263 e. The molecule has 24 heavy (non-hydrogen) atoms. The van der Waals surface area contributed by atoms with Gasteiger partial charge in [-0.1, -0.05) is 25.1 Å². The van der Waals surface area contributed by atoms with Gasteiger partial charge in [-0.15, -0.1) is 11.3 Å². The molecule has 1 amide bonds. The molecule has 0 aliphatic heterocycles. The van der Waals surface area contributed by atoms with Crippen molar-refractivity contribution in [1.29, 1.82) is 0 Å². The third kappa shape index (κ3) is 2.85. The summed E-state index contributed by atoms with van der Waals surface area (Å²) in [5.74, 6) is -0.212. The van der Waals surface area contributed by atoms with Crippen molar-refractivity contribution in [1.82, 2.24) is 9.55 Å². The molecule has 1 unspecified atom stereocenters. The molecule has 0 saturated heterocycles. The Morgan fingerprint density at radius 2 is 2.00 bits per heavy atom. The van der Waals surface area contributed by atoms with Crippen LogP contribution in [0.5, 0.6) is 0 Å². The van der Waals surface area contributed by atoms with E-state index in [4.69, 9.17) is 0 Å². The topological polar surface area (TPSA) is 64.0 Å². The number of hydrogen-bond donors (Lipinski definition) is 1. The Morgan fingerprint density at radius 3 is 2.67 bits per heavy atom. The highest BCUT2D eigenvalue weighted by atomic mass is 32.1. The minimum Gasteiger partial charge on any atom is -0.324 e. The van der Waals surface area contributed by atoms with Crippen LogP contribution in [-0.2, 0) is 4.79 Å². The van der Waals surface area contributed by atoms with Gasteiger partial charge in [-0.05, 0) is 38.0 Å². The predicted octanol–water partition coefficient (Wildman–Crippen LogP) is 3.66. The van der Waals surface area contributed by atoms with E-state index in [1.165, 1.54) is 22.2 Å². The van der Waals surface area contributed by atoms with Crippen molar-refractivity contribution >= 4 is 33.1 Å². The van der Waals surface area contributed by atoms with Crippen LogP contribution in [0.2, 0.25) is 0 Å². The molecule has 0 saturated carbocycles. The van der Waals surface area contributed by atoms with Gasteiger partial charge < -0.3 is 5.32 Å². The van der Waals surface area contributed by atoms with Crippen LogP contribution in [0.3, 0.4) is 0 Å². The number of benzene rings is 1. The van der Waals surface area contributed by atoms with E-state index in [0.717, 1.165) is 15.3 Å². The number of rotatable bonds is 4. The molecule has 124 valence electrons. The van der Waals surface area contributed by atoms with E-state index in [2.05, 4.69) is 10.3 Å². The normalized spacial score (nSPS) is 12.3. The van der Waals surface area contributed by atoms with Gasteiger partial charge in [-0.2, -0.15) is 0 Å². The van der Waals surface area contributed by atoms with Crippen molar-refractivity contribution in [2.75, 3.05) is 5.32 Å². The largest absolute Gasteiger partial charge is 0.324 e. The lowest BCUT2D eigenvalue weighted by molar-refractivity contribution is -0.119. The van der Waals surface area contributed by atoms with Crippen molar-refractivity contribution < 1.29 is 4.79 Å². The third-order valence-electron chi connectivity index (χ3n) is 4.18. The van der Waals surface area contributed by atoms with E-state index in [-0.39, 0.29) is 11.5 Å². The second-order valence-corrected chi connectivity index (χ2v) is 6.90. The Balaban J connectivity index is 2.00. The fourth-order valence-electron chi connectivity index (χ4n) is 2.73. The van der Waals surface area contributed by atoms with Crippen LogP contribution in [0.1, 0.15) is 29.8 Å². The molecule has 0 spiro atoms. The van der Waals surface area contributed by atoms with Crippen LogP contribution in [0.15, 0.2) is 41.5 Å². The zero-order valence-electron chi connectivity index (χ0n) is 13.9. The van der Waals surface area contributed by atoms with Gasteiger partial charge in [0.1, 0.15) is 10.9 Å². The van der Waals surface area contributed by atoms with Crippen molar-refractivity contribution in [3.05, 3.63) is 57.5 Å². The first-order valence-corrected chi connectivity index (χ1v) is 8.67. The number of amides is 1. The second kappa shape index (κ2) is 6.57. The summed E-state index contributed by atoms with van der Waals surface area (Å²) in [5, 5.41) is 3.48.